The van der Waals surface area contributed by atoms with Crippen molar-refractivity contribution in [2.24, 2.45) is 5.73 Å². The fraction of sp³-hybridized carbons (Fsp3) is 0.200. The molecule has 0 aliphatic rings. The van der Waals surface area contributed by atoms with Gasteiger partial charge in [0.15, 0.2) is 5.96 Å². The van der Waals surface area contributed by atoms with Crippen LogP contribution in [0.5, 0.6) is 0 Å². The minimum absolute atomic E-state index is 0.117. The number of para-hydroxylation sites is 1. The van der Waals surface area contributed by atoms with Crippen LogP contribution < -0.4 is 27.0 Å². The Hall–Kier alpha value is -5.20. The first-order chi connectivity index (χ1) is 22.8. The van der Waals surface area contributed by atoms with Gasteiger partial charge < -0.3 is 36.7 Å². The smallest absolute Gasteiger partial charge is 0.252 e. The first-order valence-electron chi connectivity index (χ1n) is 15.1. The third-order valence-corrected chi connectivity index (χ3v) is 8.24. The van der Waals surface area contributed by atoms with Crippen LogP contribution in [0.3, 0.4) is 0 Å². The molecular formula is C35H36BrN7O4. The first kappa shape index (κ1) is 33.2. The number of nitrogens with two attached hydrogens (primary N) is 1. The van der Waals surface area contributed by atoms with Gasteiger partial charge in [0, 0.05) is 71.4 Å². The number of hydrogen-bond acceptors (Lipinski definition) is 5. The largest absolute Gasteiger partial charge is 0.383 e. The van der Waals surface area contributed by atoms with E-state index in [2.05, 4.69) is 42.2 Å². The van der Waals surface area contributed by atoms with Crippen molar-refractivity contribution in [3.05, 3.63) is 106 Å². The summed E-state index contributed by atoms with van der Waals surface area (Å²) in [6.07, 6.45) is 2.05. The predicted octanol–water partition coefficient (Wildman–Crippen LogP) is 4.07. The van der Waals surface area contributed by atoms with E-state index in [1.54, 1.807) is 31.4 Å². The summed E-state index contributed by atoms with van der Waals surface area (Å²) >= 11 is 3.49. The molecule has 1 atom stereocenters. The molecule has 0 radical (unpaired) electrons. The van der Waals surface area contributed by atoms with Crippen LogP contribution in [0, 0.1) is 5.41 Å². The molecule has 11 nitrogen and oxygen atoms in total. The predicted molar refractivity (Wildman–Crippen MR) is 187 cm³/mol. The van der Waals surface area contributed by atoms with Crippen LogP contribution in [0.1, 0.15) is 26.3 Å². The molecule has 0 saturated carbocycles. The number of amides is 3. The van der Waals surface area contributed by atoms with E-state index >= 15 is 0 Å². The second-order valence-electron chi connectivity index (χ2n) is 10.9. The van der Waals surface area contributed by atoms with Crippen molar-refractivity contribution < 1.29 is 19.1 Å². The molecule has 0 aliphatic carbocycles. The van der Waals surface area contributed by atoms with Crippen molar-refractivity contribution in [1.29, 1.82) is 5.41 Å². The molecule has 47 heavy (non-hydrogen) atoms. The average Bonchev–Trinajstić information content (AvgIpc) is 3.48. The average molecular weight is 699 g/mol. The summed E-state index contributed by atoms with van der Waals surface area (Å²) in [5, 5.41) is 22.2. The van der Waals surface area contributed by atoms with Crippen molar-refractivity contribution in [2.45, 2.75) is 12.5 Å². The molecule has 5 aromatic rings. The van der Waals surface area contributed by atoms with Gasteiger partial charge in [0.1, 0.15) is 6.04 Å². The number of carbonyl (C=O) groups excluding carboxylic acids is 3. The number of hydrogen-bond donors (Lipinski definition) is 7. The summed E-state index contributed by atoms with van der Waals surface area (Å²) in [7, 11) is 1.58. The lowest BCUT2D eigenvalue weighted by atomic mass is 9.89. The molecule has 1 aromatic heterocycles. The number of nitrogens with one attached hydrogen (secondary N) is 6. The van der Waals surface area contributed by atoms with Crippen LogP contribution >= 0.6 is 15.9 Å². The lowest BCUT2D eigenvalue weighted by Gasteiger charge is -2.21. The number of ether oxygens (including phenoxy) is 1. The number of halogens is 1. The molecular weight excluding hydrogens is 662 g/mol. The minimum Gasteiger partial charge on any atom is -0.383 e. The van der Waals surface area contributed by atoms with Crippen LogP contribution in [0.2, 0.25) is 0 Å². The quantitative estimate of drug-likeness (QED) is 0.0555. The topological polar surface area (TPSA) is 174 Å². The van der Waals surface area contributed by atoms with Gasteiger partial charge in [-0.3, -0.25) is 19.8 Å². The number of aromatic amines is 1. The fourth-order valence-corrected chi connectivity index (χ4v) is 5.85. The van der Waals surface area contributed by atoms with E-state index in [1.807, 2.05) is 60.8 Å². The maximum absolute atomic E-state index is 14.2. The van der Waals surface area contributed by atoms with Crippen LogP contribution in [-0.2, 0) is 16.0 Å². The molecule has 1 heterocycles. The maximum atomic E-state index is 14.2. The number of H-pyrrole nitrogens is 1. The Balaban J connectivity index is 1.44. The number of rotatable bonds is 13. The highest BCUT2D eigenvalue weighted by Crippen LogP contribution is 2.35. The number of primary amides is 1. The van der Waals surface area contributed by atoms with Gasteiger partial charge in [0.05, 0.1) is 6.61 Å². The van der Waals surface area contributed by atoms with Crippen molar-refractivity contribution >= 4 is 61.3 Å². The molecule has 4 aromatic carbocycles. The SMILES string of the molecule is COCCNC(=N)NCCNC(=O)C(Cc1c[nH]c2ccccc12)NC(=O)c1cc(Br)ccc1-c1c(C(N)=O)ccc2ccccc12. The van der Waals surface area contributed by atoms with Crippen LogP contribution in [0.4, 0.5) is 0 Å². The van der Waals surface area contributed by atoms with Crippen LogP contribution in [0.15, 0.2) is 89.5 Å². The van der Waals surface area contributed by atoms with Gasteiger partial charge in [-0.2, -0.15) is 0 Å². The Morgan fingerprint density at radius 1 is 0.894 bits per heavy atom. The van der Waals surface area contributed by atoms with Crippen LogP contribution in [0.25, 0.3) is 32.8 Å². The van der Waals surface area contributed by atoms with E-state index in [0.717, 1.165) is 27.2 Å². The molecule has 0 bridgehead atoms. The van der Waals surface area contributed by atoms with Gasteiger partial charge in [-0.05, 0) is 46.2 Å². The first-order valence-corrected chi connectivity index (χ1v) is 15.9. The second-order valence-corrected chi connectivity index (χ2v) is 11.8. The van der Waals surface area contributed by atoms with E-state index in [1.165, 1.54) is 0 Å². The standard InChI is InChI=1S/C35H36BrN7O4/c1-47-17-16-41-35(38)40-15-14-39-34(46)30(18-22-20-42-29-9-5-4-7-24(22)29)43-33(45)28-19-23(36)11-13-26(28)31-25-8-3-2-6-21(25)10-12-27(31)32(37)44/h2-13,19-20,30,42H,14-18H2,1H3,(H2,37,44)(H,39,46)(H,43,45)(H3,38,40,41). The molecule has 1 unspecified atom stereocenters. The van der Waals surface area contributed by atoms with E-state index in [9.17, 15) is 14.4 Å². The fourth-order valence-electron chi connectivity index (χ4n) is 5.49. The number of guanidine groups is 1. The highest BCUT2D eigenvalue weighted by atomic mass is 79.9. The van der Waals surface area contributed by atoms with Gasteiger partial charge in [0.2, 0.25) is 11.8 Å². The lowest BCUT2D eigenvalue weighted by Crippen LogP contribution is -2.50. The number of carbonyl (C=O) groups is 3. The minimum atomic E-state index is -0.948. The number of benzene rings is 4. The third kappa shape index (κ3) is 7.97. The summed E-state index contributed by atoms with van der Waals surface area (Å²) in [5.41, 5.74) is 9.19. The Morgan fingerprint density at radius 3 is 2.40 bits per heavy atom. The van der Waals surface area contributed by atoms with E-state index in [-0.39, 0.29) is 36.0 Å². The molecule has 0 saturated heterocycles. The highest BCUT2D eigenvalue weighted by Gasteiger charge is 2.26. The van der Waals surface area contributed by atoms with Gasteiger partial charge in [-0.15, -0.1) is 0 Å². The Bertz CT molecular complexity index is 1940. The Kier molecular flexibility index (Phi) is 10.9. The summed E-state index contributed by atoms with van der Waals surface area (Å²) < 4.78 is 5.63. The number of fused-ring (bicyclic) bond motifs is 2. The second kappa shape index (κ2) is 15.4. The maximum Gasteiger partial charge on any atom is 0.252 e. The Labute approximate surface area is 280 Å². The zero-order valence-electron chi connectivity index (χ0n) is 25.8. The lowest BCUT2D eigenvalue weighted by molar-refractivity contribution is -0.122. The van der Waals surface area contributed by atoms with E-state index in [4.69, 9.17) is 15.9 Å². The molecule has 12 heteroatoms. The normalized spacial score (nSPS) is 11.6. The highest BCUT2D eigenvalue weighted by molar-refractivity contribution is 9.10. The van der Waals surface area contributed by atoms with Gasteiger partial charge in [-0.1, -0.05) is 70.5 Å². The summed E-state index contributed by atoms with van der Waals surface area (Å²) in [6, 6.07) is 23.1. The number of aromatic nitrogens is 1. The zero-order valence-corrected chi connectivity index (χ0v) is 27.4. The van der Waals surface area contributed by atoms with Crippen molar-refractivity contribution in [3.63, 3.8) is 0 Å². The molecule has 5 rings (SSSR count). The summed E-state index contributed by atoms with van der Waals surface area (Å²) in [4.78, 5) is 43.6. The van der Waals surface area contributed by atoms with Gasteiger partial charge in [0.25, 0.3) is 5.91 Å². The summed E-state index contributed by atoms with van der Waals surface area (Å²) in [6.45, 7) is 1.45. The van der Waals surface area contributed by atoms with Gasteiger partial charge >= 0.3 is 0 Å². The zero-order chi connectivity index (χ0) is 33.3. The van der Waals surface area contributed by atoms with Crippen molar-refractivity contribution in [2.75, 3.05) is 33.4 Å². The van der Waals surface area contributed by atoms with Crippen molar-refractivity contribution in [1.82, 2.24) is 26.3 Å². The molecule has 3 amide bonds. The van der Waals surface area contributed by atoms with E-state index in [0.29, 0.717) is 35.3 Å². The Morgan fingerprint density at radius 2 is 1.62 bits per heavy atom. The molecule has 8 N–H and O–H groups in total. The summed E-state index contributed by atoms with van der Waals surface area (Å²) in [5.74, 6) is -1.38. The van der Waals surface area contributed by atoms with Gasteiger partial charge in [-0.25, -0.2) is 0 Å². The third-order valence-electron chi connectivity index (χ3n) is 7.74. The monoisotopic (exact) mass is 697 g/mol. The van der Waals surface area contributed by atoms with Crippen LogP contribution in [-0.4, -0.2) is 68.1 Å². The molecule has 242 valence electrons. The number of methoxy groups -OCH3 is 1. The molecule has 0 fully saturated rings. The molecule has 0 aliphatic heterocycles. The van der Waals surface area contributed by atoms with E-state index < -0.39 is 17.9 Å². The van der Waals surface area contributed by atoms with Crippen molar-refractivity contribution in [3.8, 4) is 11.1 Å². The molecule has 0 spiro atoms.